The summed E-state index contributed by atoms with van der Waals surface area (Å²) in [5, 5.41) is 20.3. The van der Waals surface area contributed by atoms with Crippen molar-refractivity contribution in [3.8, 4) is 0 Å². The fourth-order valence-corrected chi connectivity index (χ4v) is 2.78. The molecule has 0 aliphatic rings. The zero-order chi connectivity index (χ0) is 15.1. The fraction of sp³-hybridized carbons (Fsp3) is 0.667. The summed E-state index contributed by atoms with van der Waals surface area (Å²) in [5.41, 5.74) is 2.18. The Labute approximate surface area is 128 Å². The number of hydrogen-bond donors (Lipinski definition) is 1. The number of methoxy groups -OCH3 is 1. The molecular weight excluding hydrogens is 290 g/mol. The van der Waals surface area contributed by atoms with Gasteiger partial charge in [0, 0.05) is 38.7 Å². The third-order valence-corrected chi connectivity index (χ3v) is 3.92. The molecule has 1 N–H and O–H groups in total. The van der Waals surface area contributed by atoms with Crippen LogP contribution in [-0.4, -0.2) is 56.8 Å². The van der Waals surface area contributed by atoms with E-state index in [1.807, 2.05) is 23.3 Å². The van der Waals surface area contributed by atoms with E-state index in [1.165, 1.54) is 0 Å². The molecule has 2 rings (SSSR count). The maximum Gasteiger partial charge on any atom is 0.209 e. The summed E-state index contributed by atoms with van der Waals surface area (Å²) in [6.07, 6.45) is 0. The monoisotopic (exact) mass is 311 g/mol. The number of tetrazole rings is 1. The average molecular weight is 311 g/mol. The van der Waals surface area contributed by atoms with Crippen LogP contribution in [0.5, 0.6) is 0 Å². The van der Waals surface area contributed by atoms with Gasteiger partial charge in [-0.05, 0) is 23.4 Å². The van der Waals surface area contributed by atoms with E-state index in [-0.39, 0.29) is 0 Å². The topological polar surface area (TPSA) is 82.7 Å². The highest BCUT2D eigenvalue weighted by molar-refractivity contribution is 7.98. The minimum atomic E-state index is 0.705. The van der Waals surface area contributed by atoms with Crippen LogP contribution < -0.4 is 5.32 Å². The van der Waals surface area contributed by atoms with Crippen LogP contribution in [0.1, 0.15) is 11.4 Å². The minimum absolute atomic E-state index is 0.705. The Morgan fingerprint density at radius 2 is 2.24 bits per heavy atom. The molecule has 2 heterocycles. The van der Waals surface area contributed by atoms with Crippen molar-refractivity contribution < 1.29 is 4.74 Å². The standard InChI is InChI=1S/C12H21N7OS/c1-10-8-11(18(2)15-10)9-21-12-14-16-17-19(12)6-4-13-5-7-20-3/h8,13H,4-7,9H2,1-3H3. The first-order chi connectivity index (χ1) is 10.2. The second kappa shape index (κ2) is 8.11. The highest BCUT2D eigenvalue weighted by atomic mass is 32.2. The van der Waals surface area contributed by atoms with Crippen LogP contribution in [0.4, 0.5) is 0 Å². The van der Waals surface area contributed by atoms with Crippen molar-refractivity contribution in [2.45, 2.75) is 24.4 Å². The van der Waals surface area contributed by atoms with Crippen LogP contribution in [0.3, 0.4) is 0 Å². The highest BCUT2D eigenvalue weighted by Gasteiger charge is 2.09. The van der Waals surface area contributed by atoms with Gasteiger partial charge in [-0.2, -0.15) is 5.10 Å². The molecule has 0 aromatic carbocycles. The van der Waals surface area contributed by atoms with E-state index in [9.17, 15) is 0 Å². The van der Waals surface area contributed by atoms with Crippen molar-refractivity contribution in [3.63, 3.8) is 0 Å². The Hall–Kier alpha value is -1.45. The Kier molecular flexibility index (Phi) is 6.15. The van der Waals surface area contributed by atoms with Gasteiger partial charge in [-0.3, -0.25) is 4.68 Å². The van der Waals surface area contributed by atoms with Gasteiger partial charge in [-0.15, -0.1) is 5.10 Å². The fourth-order valence-electron chi connectivity index (χ4n) is 1.86. The average Bonchev–Trinajstić information content (AvgIpc) is 3.02. The number of aryl methyl sites for hydroxylation is 2. The first-order valence-corrected chi connectivity index (χ1v) is 7.77. The van der Waals surface area contributed by atoms with Gasteiger partial charge >= 0.3 is 0 Å². The van der Waals surface area contributed by atoms with Crippen LogP contribution in [0.15, 0.2) is 11.2 Å². The summed E-state index contributed by atoms with van der Waals surface area (Å²) < 4.78 is 8.69. The molecule has 0 saturated heterocycles. The van der Waals surface area contributed by atoms with Crippen LogP contribution >= 0.6 is 11.8 Å². The lowest BCUT2D eigenvalue weighted by Crippen LogP contribution is -2.24. The van der Waals surface area contributed by atoms with Gasteiger partial charge in [0.25, 0.3) is 0 Å². The molecule has 2 aromatic heterocycles. The summed E-state index contributed by atoms with van der Waals surface area (Å²) >= 11 is 1.62. The molecule has 0 unspecified atom stereocenters. The first kappa shape index (κ1) is 15.9. The van der Waals surface area contributed by atoms with E-state index >= 15 is 0 Å². The number of ether oxygens (including phenoxy) is 1. The summed E-state index contributed by atoms with van der Waals surface area (Å²) in [5.74, 6) is 0.800. The lowest BCUT2D eigenvalue weighted by molar-refractivity contribution is 0.199. The van der Waals surface area contributed by atoms with Crippen LogP contribution in [0.25, 0.3) is 0 Å². The van der Waals surface area contributed by atoms with Gasteiger partial charge in [0.2, 0.25) is 5.16 Å². The van der Waals surface area contributed by atoms with Gasteiger partial charge in [0.05, 0.1) is 18.8 Å². The lowest BCUT2D eigenvalue weighted by Gasteiger charge is -2.06. The third kappa shape index (κ3) is 4.80. The second-order valence-corrected chi connectivity index (χ2v) is 5.56. The van der Waals surface area contributed by atoms with E-state index in [2.05, 4.69) is 32.0 Å². The van der Waals surface area contributed by atoms with Crippen LogP contribution in [-0.2, 0) is 24.1 Å². The Bertz CT molecular complexity index is 554. The van der Waals surface area contributed by atoms with Crippen molar-refractivity contribution in [3.05, 3.63) is 17.5 Å². The molecule has 9 heteroatoms. The Morgan fingerprint density at radius 3 is 2.95 bits per heavy atom. The summed E-state index contributed by atoms with van der Waals surface area (Å²) in [4.78, 5) is 0. The van der Waals surface area contributed by atoms with E-state index < -0.39 is 0 Å². The molecule has 0 amide bonds. The van der Waals surface area contributed by atoms with Crippen LogP contribution in [0, 0.1) is 6.92 Å². The van der Waals surface area contributed by atoms with Gasteiger partial charge in [-0.25, -0.2) is 4.68 Å². The normalized spacial score (nSPS) is 11.2. The third-order valence-electron chi connectivity index (χ3n) is 2.93. The van der Waals surface area contributed by atoms with Crippen molar-refractivity contribution >= 4 is 11.8 Å². The molecule has 0 radical (unpaired) electrons. The van der Waals surface area contributed by atoms with Crippen molar-refractivity contribution in [2.75, 3.05) is 26.8 Å². The molecule has 0 bridgehead atoms. The quantitative estimate of drug-likeness (QED) is 0.525. The van der Waals surface area contributed by atoms with Gasteiger partial charge in [0.15, 0.2) is 0 Å². The first-order valence-electron chi connectivity index (χ1n) is 6.79. The molecule has 2 aromatic rings. The number of nitrogens with zero attached hydrogens (tertiary/aromatic N) is 6. The van der Waals surface area contributed by atoms with Crippen molar-refractivity contribution in [1.82, 2.24) is 35.3 Å². The molecule has 116 valence electrons. The zero-order valence-corrected chi connectivity index (χ0v) is 13.4. The Morgan fingerprint density at radius 1 is 1.38 bits per heavy atom. The molecule has 0 atom stereocenters. The molecule has 8 nitrogen and oxygen atoms in total. The summed E-state index contributed by atoms with van der Waals surface area (Å²) in [6.45, 7) is 5.08. The van der Waals surface area contributed by atoms with E-state index in [0.717, 1.165) is 41.9 Å². The number of thioether (sulfide) groups is 1. The van der Waals surface area contributed by atoms with Gasteiger partial charge in [0.1, 0.15) is 0 Å². The number of hydrogen-bond acceptors (Lipinski definition) is 7. The highest BCUT2D eigenvalue weighted by Crippen LogP contribution is 2.19. The molecule has 0 aliphatic carbocycles. The second-order valence-electron chi connectivity index (χ2n) is 4.62. The van der Waals surface area contributed by atoms with Crippen molar-refractivity contribution in [1.29, 1.82) is 0 Å². The van der Waals surface area contributed by atoms with E-state index in [4.69, 9.17) is 4.74 Å². The molecule has 21 heavy (non-hydrogen) atoms. The van der Waals surface area contributed by atoms with Crippen molar-refractivity contribution in [2.24, 2.45) is 7.05 Å². The summed E-state index contributed by atoms with van der Waals surface area (Å²) in [7, 11) is 3.64. The molecular formula is C12H21N7OS. The lowest BCUT2D eigenvalue weighted by atomic mass is 10.4. The number of rotatable bonds is 9. The molecule has 0 spiro atoms. The zero-order valence-electron chi connectivity index (χ0n) is 12.6. The molecule has 0 fully saturated rings. The number of aromatic nitrogens is 6. The SMILES string of the molecule is COCCNCCn1nnnc1SCc1cc(C)nn1C. The maximum absolute atomic E-state index is 4.98. The molecule has 0 saturated carbocycles. The number of nitrogens with one attached hydrogen (secondary N) is 1. The van der Waals surface area contributed by atoms with E-state index in [1.54, 1.807) is 18.9 Å². The van der Waals surface area contributed by atoms with Gasteiger partial charge < -0.3 is 10.1 Å². The predicted octanol–water partition coefficient (Wildman–Crippen LogP) is 0.243. The maximum atomic E-state index is 4.98. The summed E-state index contributed by atoms with van der Waals surface area (Å²) in [6, 6.07) is 2.08. The minimum Gasteiger partial charge on any atom is -0.383 e. The smallest absolute Gasteiger partial charge is 0.209 e. The van der Waals surface area contributed by atoms with E-state index in [0.29, 0.717) is 6.61 Å². The van der Waals surface area contributed by atoms with Crippen LogP contribution in [0.2, 0.25) is 0 Å². The van der Waals surface area contributed by atoms with Gasteiger partial charge in [-0.1, -0.05) is 11.8 Å². The largest absolute Gasteiger partial charge is 0.383 e. The Balaban J connectivity index is 1.81. The molecule has 0 aliphatic heterocycles. The predicted molar refractivity (Wildman–Crippen MR) is 80.1 cm³/mol.